The number of thioether (sulfide) groups is 1. The van der Waals surface area contributed by atoms with Crippen LogP contribution in [0.5, 0.6) is 0 Å². The molecule has 0 radical (unpaired) electrons. The van der Waals surface area contributed by atoms with E-state index in [0.717, 1.165) is 11.8 Å². The van der Waals surface area contributed by atoms with E-state index in [9.17, 15) is 4.79 Å². The first-order chi connectivity index (χ1) is 7.78. The Balaban J connectivity index is 1.52. The molecule has 4 unspecified atom stereocenters. The van der Waals surface area contributed by atoms with Gasteiger partial charge in [0, 0.05) is 17.2 Å². The largest absolute Gasteiger partial charge is 0.352 e. The molecule has 0 bridgehead atoms. The van der Waals surface area contributed by atoms with Crippen molar-refractivity contribution < 1.29 is 4.79 Å². The van der Waals surface area contributed by atoms with Gasteiger partial charge in [0.05, 0.1) is 0 Å². The second-order valence-corrected chi connectivity index (χ2v) is 6.82. The molecular weight excluding hydrogens is 218 g/mol. The van der Waals surface area contributed by atoms with Gasteiger partial charge in [-0.2, -0.15) is 11.8 Å². The summed E-state index contributed by atoms with van der Waals surface area (Å²) >= 11 is 1.92. The number of nitrogens with one attached hydrogen (secondary N) is 1. The van der Waals surface area contributed by atoms with Gasteiger partial charge in [-0.05, 0) is 50.2 Å². The lowest BCUT2D eigenvalue weighted by molar-refractivity contribution is -0.125. The van der Waals surface area contributed by atoms with E-state index in [1.807, 2.05) is 11.8 Å². The highest BCUT2D eigenvalue weighted by Crippen LogP contribution is 2.54. The molecule has 3 rings (SSSR count). The lowest BCUT2D eigenvalue weighted by Crippen LogP contribution is -2.41. The molecule has 0 spiro atoms. The van der Waals surface area contributed by atoms with Crippen molar-refractivity contribution >= 4 is 17.7 Å². The zero-order valence-corrected chi connectivity index (χ0v) is 10.8. The van der Waals surface area contributed by atoms with Gasteiger partial charge in [0.15, 0.2) is 0 Å². The van der Waals surface area contributed by atoms with Crippen LogP contribution in [0.25, 0.3) is 0 Å². The average molecular weight is 239 g/mol. The van der Waals surface area contributed by atoms with Crippen LogP contribution in [-0.4, -0.2) is 23.5 Å². The Labute approximate surface area is 102 Å². The van der Waals surface area contributed by atoms with E-state index in [0.29, 0.717) is 23.1 Å². The maximum atomic E-state index is 12.1. The Morgan fingerprint density at radius 1 is 1.19 bits per heavy atom. The molecule has 0 saturated heterocycles. The van der Waals surface area contributed by atoms with Crippen LogP contribution in [0.2, 0.25) is 0 Å². The van der Waals surface area contributed by atoms with Gasteiger partial charge in [-0.15, -0.1) is 0 Å². The van der Waals surface area contributed by atoms with Crippen molar-refractivity contribution in [3.8, 4) is 0 Å². The molecule has 3 aliphatic rings. The van der Waals surface area contributed by atoms with Crippen molar-refractivity contribution in [1.29, 1.82) is 0 Å². The first-order valence-corrected chi connectivity index (χ1v) is 7.90. The van der Waals surface area contributed by atoms with Crippen molar-refractivity contribution in [2.75, 3.05) is 6.26 Å². The second-order valence-electron chi connectivity index (χ2n) is 5.74. The summed E-state index contributed by atoms with van der Waals surface area (Å²) in [7, 11) is 0. The summed E-state index contributed by atoms with van der Waals surface area (Å²) < 4.78 is 0. The molecule has 3 saturated carbocycles. The van der Waals surface area contributed by atoms with Gasteiger partial charge in [0.25, 0.3) is 0 Å². The summed E-state index contributed by atoms with van der Waals surface area (Å²) in [4.78, 5) is 12.1. The molecule has 0 aromatic carbocycles. The third-order valence-electron chi connectivity index (χ3n) is 4.70. The Hall–Kier alpha value is -0.180. The molecule has 4 atom stereocenters. The van der Waals surface area contributed by atoms with Gasteiger partial charge >= 0.3 is 0 Å². The van der Waals surface area contributed by atoms with Crippen molar-refractivity contribution in [2.45, 2.75) is 49.8 Å². The SMILES string of the molecule is CSC1CCCC1NC(=O)C1CC2CC2C1. The highest BCUT2D eigenvalue weighted by Gasteiger charge is 2.48. The fourth-order valence-electron chi connectivity index (χ4n) is 3.60. The lowest BCUT2D eigenvalue weighted by Gasteiger charge is -2.21. The Morgan fingerprint density at radius 3 is 2.62 bits per heavy atom. The first kappa shape index (κ1) is 10.9. The summed E-state index contributed by atoms with van der Waals surface area (Å²) in [6.45, 7) is 0. The third-order valence-corrected chi connectivity index (χ3v) is 5.87. The van der Waals surface area contributed by atoms with Crippen LogP contribution in [-0.2, 0) is 4.79 Å². The molecule has 2 nitrogen and oxygen atoms in total. The standard InChI is InChI=1S/C13H21NOS/c1-16-12-4-2-3-11(12)14-13(15)10-6-8-5-9(8)7-10/h8-12H,2-7H2,1H3,(H,14,15). The van der Waals surface area contributed by atoms with Gasteiger partial charge in [-0.3, -0.25) is 4.79 Å². The molecule has 16 heavy (non-hydrogen) atoms. The normalized spacial score (nSPS) is 45.4. The molecule has 1 amide bonds. The Bertz CT molecular complexity index is 284. The van der Waals surface area contributed by atoms with Crippen LogP contribution in [0.3, 0.4) is 0 Å². The molecule has 3 heteroatoms. The highest BCUT2D eigenvalue weighted by atomic mass is 32.2. The second kappa shape index (κ2) is 4.25. The summed E-state index contributed by atoms with van der Waals surface area (Å²) in [6.07, 6.45) is 9.67. The van der Waals surface area contributed by atoms with Gasteiger partial charge in [0.1, 0.15) is 0 Å². The van der Waals surface area contributed by atoms with E-state index >= 15 is 0 Å². The van der Waals surface area contributed by atoms with Gasteiger partial charge < -0.3 is 5.32 Å². The molecule has 1 N–H and O–H groups in total. The number of carbonyl (C=O) groups excluding carboxylic acids is 1. The molecule has 3 fully saturated rings. The van der Waals surface area contributed by atoms with Gasteiger partial charge in [-0.25, -0.2) is 0 Å². The van der Waals surface area contributed by atoms with Crippen LogP contribution < -0.4 is 5.32 Å². The van der Waals surface area contributed by atoms with Crippen molar-refractivity contribution in [2.24, 2.45) is 17.8 Å². The van der Waals surface area contributed by atoms with Crippen LogP contribution >= 0.6 is 11.8 Å². The van der Waals surface area contributed by atoms with Crippen LogP contribution in [0.1, 0.15) is 38.5 Å². The fourth-order valence-corrected chi connectivity index (χ4v) is 4.54. The Kier molecular flexibility index (Phi) is 2.90. The number of rotatable bonds is 3. The molecule has 90 valence electrons. The maximum absolute atomic E-state index is 12.1. The minimum absolute atomic E-state index is 0.354. The van der Waals surface area contributed by atoms with Crippen molar-refractivity contribution in [1.82, 2.24) is 5.32 Å². The first-order valence-electron chi connectivity index (χ1n) is 6.61. The summed E-state index contributed by atoms with van der Waals surface area (Å²) in [6, 6.07) is 0.458. The monoisotopic (exact) mass is 239 g/mol. The number of fused-ring (bicyclic) bond motifs is 1. The van der Waals surface area contributed by atoms with Crippen LogP contribution in [0.4, 0.5) is 0 Å². The van der Waals surface area contributed by atoms with E-state index in [4.69, 9.17) is 0 Å². The molecule has 3 aliphatic carbocycles. The lowest BCUT2D eigenvalue weighted by atomic mass is 10.0. The summed E-state index contributed by atoms with van der Waals surface area (Å²) in [5, 5.41) is 3.97. The maximum Gasteiger partial charge on any atom is 0.223 e. The summed E-state index contributed by atoms with van der Waals surface area (Å²) in [5.74, 6) is 2.54. The van der Waals surface area contributed by atoms with E-state index in [1.54, 1.807) is 0 Å². The molecule has 0 aliphatic heterocycles. The van der Waals surface area contributed by atoms with E-state index in [1.165, 1.54) is 38.5 Å². The zero-order valence-electron chi connectivity index (χ0n) is 9.95. The van der Waals surface area contributed by atoms with E-state index in [2.05, 4.69) is 11.6 Å². The predicted molar refractivity (Wildman–Crippen MR) is 67.4 cm³/mol. The number of hydrogen-bond donors (Lipinski definition) is 1. The van der Waals surface area contributed by atoms with E-state index in [-0.39, 0.29) is 0 Å². The molecule has 0 heterocycles. The van der Waals surface area contributed by atoms with E-state index < -0.39 is 0 Å². The topological polar surface area (TPSA) is 29.1 Å². The Morgan fingerprint density at radius 2 is 1.94 bits per heavy atom. The molecular formula is C13H21NOS. The quantitative estimate of drug-likeness (QED) is 0.819. The average Bonchev–Trinajstić information content (AvgIpc) is 2.75. The number of carbonyl (C=O) groups is 1. The van der Waals surface area contributed by atoms with Gasteiger partial charge in [-0.1, -0.05) is 6.42 Å². The summed E-state index contributed by atoms with van der Waals surface area (Å²) in [5.41, 5.74) is 0. The van der Waals surface area contributed by atoms with Gasteiger partial charge in [0.2, 0.25) is 5.91 Å². The predicted octanol–water partition coefficient (Wildman–Crippen LogP) is 2.43. The number of hydrogen-bond acceptors (Lipinski definition) is 2. The minimum Gasteiger partial charge on any atom is -0.352 e. The highest BCUT2D eigenvalue weighted by molar-refractivity contribution is 7.99. The zero-order chi connectivity index (χ0) is 11.1. The third kappa shape index (κ3) is 1.99. The van der Waals surface area contributed by atoms with Crippen molar-refractivity contribution in [3.63, 3.8) is 0 Å². The van der Waals surface area contributed by atoms with Crippen LogP contribution in [0, 0.1) is 17.8 Å². The van der Waals surface area contributed by atoms with Crippen molar-refractivity contribution in [3.05, 3.63) is 0 Å². The smallest absolute Gasteiger partial charge is 0.223 e. The number of amides is 1. The fraction of sp³-hybridized carbons (Fsp3) is 0.923. The molecule has 0 aromatic heterocycles. The van der Waals surface area contributed by atoms with Crippen LogP contribution in [0.15, 0.2) is 0 Å². The minimum atomic E-state index is 0.354. The molecule has 0 aromatic rings.